The first-order chi connectivity index (χ1) is 7.77. The Hall–Kier alpha value is -1.05. The number of rotatable bonds is 4. The average Bonchev–Trinajstić information content (AvgIpc) is 3.13. The van der Waals surface area contributed by atoms with Gasteiger partial charge in [-0.05, 0) is 38.0 Å². The quantitative estimate of drug-likeness (QED) is 0.666. The van der Waals surface area contributed by atoms with Crippen molar-refractivity contribution in [3.05, 3.63) is 24.3 Å². The molecule has 0 bridgehead atoms. The number of nitrogens with zero attached hydrogens (tertiary/aromatic N) is 1. The summed E-state index contributed by atoms with van der Waals surface area (Å²) in [5.74, 6) is 1.36. The first-order valence-electron chi connectivity index (χ1n) is 6.34. The zero-order chi connectivity index (χ0) is 11.4. The third-order valence-corrected chi connectivity index (χ3v) is 3.40. The van der Waals surface area contributed by atoms with E-state index in [4.69, 9.17) is 0 Å². The van der Waals surface area contributed by atoms with E-state index in [-0.39, 0.29) is 0 Å². The van der Waals surface area contributed by atoms with Crippen LogP contribution in [0.3, 0.4) is 0 Å². The van der Waals surface area contributed by atoms with Gasteiger partial charge in [0.1, 0.15) is 0 Å². The number of likely N-dealkylation sites (N-methyl/N-ethyl adjacent to an activating group) is 1. The summed E-state index contributed by atoms with van der Waals surface area (Å²) in [6.07, 6.45) is 14.8. The van der Waals surface area contributed by atoms with E-state index < -0.39 is 0 Å². The van der Waals surface area contributed by atoms with Gasteiger partial charge in [-0.2, -0.15) is 0 Å². The van der Waals surface area contributed by atoms with E-state index in [0.29, 0.717) is 17.7 Å². The molecule has 0 saturated heterocycles. The number of amides is 1. The second-order valence-electron chi connectivity index (χ2n) is 4.97. The van der Waals surface area contributed by atoms with Gasteiger partial charge < -0.3 is 4.90 Å². The van der Waals surface area contributed by atoms with E-state index in [0.717, 1.165) is 25.8 Å². The van der Waals surface area contributed by atoms with Crippen LogP contribution in [0.15, 0.2) is 24.3 Å². The maximum absolute atomic E-state index is 11.7. The van der Waals surface area contributed by atoms with E-state index >= 15 is 0 Å². The van der Waals surface area contributed by atoms with Gasteiger partial charge in [0, 0.05) is 19.5 Å². The Morgan fingerprint density at radius 1 is 1.38 bits per heavy atom. The van der Waals surface area contributed by atoms with Gasteiger partial charge in [-0.25, -0.2) is 0 Å². The number of hydrogen-bond donors (Lipinski definition) is 0. The van der Waals surface area contributed by atoms with E-state index in [9.17, 15) is 4.79 Å². The van der Waals surface area contributed by atoms with Gasteiger partial charge in [-0.1, -0.05) is 24.3 Å². The topological polar surface area (TPSA) is 20.3 Å². The summed E-state index contributed by atoms with van der Waals surface area (Å²) in [7, 11) is 1.91. The fourth-order valence-electron chi connectivity index (χ4n) is 2.14. The van der Waals surface area contributed by atoms with Crippen LogP contribution in [0.5, 0.6) is 0 Å². The SMILES string of the molecule is CN(CC=CC1CC=CCC1)C(=O)C1CC1. The van der Waals surface area contributed by atoms with Crippen LogP contribution in [-0.4, -0.2) is 24.4 Å². The zero-order valence-corrected chi connectivity index (χ0v) is 10.1. The highest BCUT2D eigenvalue weighted by Crippen LogP contribution is 2.30. The highest BCUT2D eigenvalue weighted by Gasteiger charge is 2.31. The predicted molar refractivity (Wildman–Crippen MR) is 66.0 cm³/mol. The average molecular weight is 219 g/mol. The van der Waals surface area contributed by atoms with Crippen LogP contribution in [0.2, 0.25) is 0 Å². The Bertz CT molecular complexity index is 302. The predicted octanol–water partition coefficient (Wildman–Crippen LogP) is 2.77. The summed E-state index contributed by atoms with van der Waals surface area (Å²) < 4.78 is 0. The van der Waals surface area contributed by atoms with Crippen molar-refractivity contribution < 1.29 is 4.79 Å². The number of allylic oxidation sites excluding steroid dienone is 3. The van der Waals surface area contributed by atoms with Crippen molar-refractivity contribution in [1.82, 2.24) is 4.90 Å². The molecule has 0 aromatic rings. The molecule has 0 spiro atoms. The molecule has 2 aliphatic carbocycles. The van der Waals surface area contributed by atoms with Crippen molar-refractivity contribution in [3.63, 3.8) is 0 Å². The monoisotopic (exact) mass is 219 g/mol. The molecule has 0 radical (unpaired) electrons. The fourth-order valence-corrected chi connectivity index (χ4v) is 2.14. The molecule has 0 aliphatic heterocycles. The van der Waals surface area contributed by atoms with Crippen molar-refractivity contribution in [2.45, 2.75) is 32.1 Å². The van der Waals surface area contributed by atoms with Crippen molar-refractivity contribution in [1.29, 1.82) is 0 Å². The van der Waals surface area contributed by atoms with Gasteiger partial charge in [0.2, 0.25) is 5.91 Å². The van der Waals surface area contributed by atoms with Gasteiger partial charge in [0.15, 0.2) is 0 Å². The van der Waals surface area contributed by atoms with Crippen molar-refractivity contribution in [3.8, 4) is 0 Å². The highest BCUT2D eigenvalue weighted by molar-refractivity contribution is 5.80. The maximum atomic E-state index is 11.7. The number of hydrogen-bond acceptors (Lipinski definition) is 1. The molecular weight excluding hydrogens is 198 g/mol. The molecule has 0 heterocycles. The molecule has 0 N–H and O–H groups in total. The Labute approximate surface area is 98.0 Å². The normalized spacial score (nSPS) is 24.9. The van der Waals surface area contributed by atoms with Crippen LogP contribution in [0.1, 0.15) is 32.1 Å². The van der Waals surface area contributed by atoms with Crippen LogP contribution in [-0.2, 0) is 4.79 Å². The van der Waals surface area contributed by atoms with Gasteiger partial charge in [-0.3, -0.25) is 4.79 Å². The standard InChI is InChI=1S/C14H21NO/c1-15(14(16)13-9-10-13)11-5-8-12-6-3-2-4-7-12/h2-3,5,8,12-13H,4,6-7,9-11H2,1H3. The van der Waals surface area contributed by atoms with E-state index in [1.165, 1.54) is 12.8 Å². The minimum absolute atomic E-state index is 0.327. The van der Waals surface area contributed by atoms with Crippen LogP contribution < -0.4 is 0 Å². The lowest BCUT2D eigenvalue weighted by atomic mass is 9.94. The Balaban J connectivity index is 1.71. The largest absolute Gasteiger partial charge is 0.342 e. The molecule has 1 fully saturated rings. The third kappa shape index (κ3) is 3.22. The van der Waals surface area contributed by atoms with Crippen molar-refractivity contribution in [2.75, 3.05) is 13.6 Å². The molecule has 2 rings (SSSR count). The molecule has 0 aromatic carbocycles. The van der Waals surface area contributed by atoms with Crippen LogP contribution in [0, 0.1) is 11.8 Å². The molecule has 16 heavy (non-hydrogen) atoms. The van der Waals surface area contributed by atoms with Gasteiger partial charge in [-0.15, -0.1) is 0 Å². The summed E-state index contributed by atoms with van der Waals surface area (Å²) in [6.45, 7) is 0.773. The van der Waals surface area contributed by atoms with E-state index in [2.05, 4.69) is 24.3 Å². The Morgan fingerprint density at radius 2 is 2.19 bits per heavy atom. The lowest BCUT2D eigenvalue weighted by Crippen LogP contribution is -2.28. The highest BCUT2D eigenvalue weighted by atomic mass is 16.2. The van der Waals surface area contributed by atoms with Crippen LogP contribution in [0.4, 0.5) is 0 Å². The molecule has 1 atom stereocenters. The first-order valence-corrected chi connectivity index (χ1v) is 6.34. The minimum atomic E-state index is 0.327. The Kier molecular flexibility index (Phi) is 3.81. The summed E-state index contributed by atoms with van der Waals surface area (Å²) in [4.78, 5) is 13.5. The van der Waals surface area contributed by atoms with Gasteiger partial charge >= 0.3 is 0 Å². The smallest absolute Gasteiger partial charge is 0.225 e. The van der Waals surface area contributed by atoms with Crippen LogP contribution >= 0.6 is 0 Å². The molecule has 2 heteroatoms. The van der Waals surface area contributed by atoms with Crippen LogP contribution in [0.25, 0.3) is 0 Å². The zero-order valence-electron chi connectivity index (χ0n) is 10.1. The molecule has 1 amide bonds. The second-order valence-corrected chi connectivity index (χ2v) is 4.97. The molecular formula is C14H21NO. The molecule has 0 aromatic heterocycles. The first kappa shape index (κ1) is 11.4. The summed E-state index contributed by atoms with van der Waals surface area (Å²) >= 11 is 0. The molecule has 2 nitrogen and oxygen atoms in total. The molecule has 1 unspecified atom stereocenters. The van der Waals surface area contributed by atoms with Crippen molar-refractivity contribution in [2.24, 2.45) is 11.8 Å². The molecule has 88 valence electrons. The van der Waals surface area contributed by atoms with E-state index in [1.54, 1.807) is 0 Å². The fraction of sp³-hybridized carbons (Fsp3) is 0.643. The molecule has 2 aliphatic rings. The van der Waals surface area contributed by atoms with Gasteiger partial charge in [0.25, 0.3) is 0 Å². The summed E-state index contributed by atoms with van der Waals surface area (Å²) in [6, 6.07) is 0. The molecule has 1 saturated carbocycles. The summed E-state index contributed by atoms with van der Waals surface area (Å²) in [5, 5.41) is 0. The minimum Gasteiger partial charge on any atom is -0.342 e. The number of carbonyl (C=O) groups is 1. The lowest BCUT2D eigenvalue weighted by Gasteiger charge is -2.16. The third-order valence-electron chi connectivity index (χ3n) is 3.40. The number of carbonyl (C=O) groups excluding carboxylic acids is 1. The Morgan fingerprint density at radius 3 is 2.81 bits per heavy atom. The second kappa shape index (κ2) is 5.33. The lowest BCUT2D eigenvalue weighted by molar-refractivity contribution is -0.130. The van der Waals surface area contributed by atoms with E-state index in [1.807, 2.05) is 11.9 Å². The summed E-state index contributed by atoms with van der Waals surface area (Å²) in [5.41, 5.74) is 0. The van der Waals surface area contributed by atoms with Crippen molar-refractivity contribution >= 4 is 5.91 Å². The maximum Gasteiger partial charge on any atom is 0.225 e. The van der Waals surface area contributed by atoms with Gasteiger partial charge in [0.05, 0.1) is 0 Å².